The summed E-state index contributed by atoms with van der Waals surface area (Å²) < 4.78 is 0. The number of pyridine rings is 1. The molecule has 1 aliphatic rings. The van der Waals surface area contributed by atoms with Crippen LogP contribution in [0.3, 0.4) is 0 Å². The largest absolute Gasteiger partial charge is 0.354 e. The minimum atomic E-state index is 0.0398. The van der Waals surface area contributed by atoms with Crippen molar-refractivity contribution in [3.63, 3.8) is 0 Å². The van der Waals surface area contributed by atoms with Crippen LogP contribution in [0.1, 0.15) is 32.3 Å². The molecule has 0 spiro atoms. The number of nitrogens with one attached hydrogen (secondary N) is 2. The van der Waals surface area contributed by atoms with Crippen LogP contribution in [0.4, 0.5) is 5.82 Å². The van der Waals surface area contributed by atoms with Crippen LogP contribution in [0.5, 0.6) is 0 Å². The zero-order chi connectivity index (χ0) is 15.2. The summed E-state index contributed by atoms with van der Waals surface area (Å²) in [4.78, 5) is 18.3. The third kappa shape index (κ3) is 5.34. The predicted octanol–water partition coefficient (Wildman–Crippen LogP) is 1.54. The average Bonchev–Trinajstić information content (AvgIpc) is 3.27. The minimum Gasteiger partial charge on any atom is -0.354 e. The Hall–Kier alpha value is -1.62. The molecule has 5 nitrogen and oxygen atoms in total. The van der Waals surface area contributed by atoms with Crippen molar-refractivity contribution in [1.82, 2.24) is 15.6 Å². The highest BCUT2D eigenvalue weighted by atomic mass is 16.2. The van der Waals surface area contributed by atoms with E-state index < -0.39 is 0 Å². The lowest BCUT2D eigenvalue weighted by Crippen LogP contribution is -2.37. The van der Waals surface area contributed by atoms with Crippen LogP contribution in [0.25, 0.3) is 0 Å². The number of carbonyl (C=O) groups is 1. The number of rotatable bonds is 8. The Balaban J connectivity index is 1.90. The Bertz CT molecular complexity index is 471. The number of carbonyl (C=O) groups excluding carboxylic acids is 1. The fourth-order valence-electron chi connectivity index (χ4n) is 2.12. The lowest BCUT2D eigenvalue weighted by molar-refractivity contribution is -0.119. The van der Waals surface area contributed by atoms with Gasteiger partial charge in [-0.3, -0.25) is 4.79 Å². The van der Waals surface area contributed by atoms with Crippen LogP contribution in [0.2, 0.25) is 0 Å². The maximum Gasteiger partial charge on any atom is 0.239 e. The molecule has 116 valence electrons. The molecule has 1 aromatic heterocycles. The molecular weight excluding hydrogens is 264 g/mol. The van der Waals surface area contributed by atoms with E-state index in [0.29, 0.717) is 25.0 Å². The van der Waals surface area contributed by atoms with E-state index in [4.69, 9.17) is 0 Å². The smallest absolute Gasteiger partial charge is 0.239 e. The summed E-state index contributed by atoms with van der Waals surface area (Å²) in [5.74, 6) is 1.38. The van der Waals surface area contributed by atoms with Gasteiger partial charge in [0.25, 0.3) is 0 Å². The van der Waals surface area contributed by atoms with E-state index in [1.807, 2.05) is 18.0 Å². The van der Waals surface area contributed by atoms with Crippen molar-refractivity contribution in [1.29, 1.82) is 0 Å². The SMILES string of the molecule is CC(C)CNC(=O)CN(C)c1ncccc1CNC1CC1. The first-order chi connectivity index (χ1) is 10.1. The molecular formula is C16H26N4O. The monoisotopic (exact) mass is 290 g/mol. The van der Waals surface area contributed by atoms with Crippen LogP contribution in [-0.4, -0.2) is 37.1 Å². The molecule has 0 atom stereocenters. The number of hydrogen-bond acceptors (Lipinski definition) is 4. The molecule has 0 bridgehead atoms. The lowest BCUT2D eigenvalue weighted by atomic mass is 10.2. The molecule has 5 heteroatoms. The summed E-state index contributed by atoms with van der Waals surface area (Å²) in [5.41, 5.74) is 1.14. The molecule has 1 aromatic rings. The van der Waals surface area contributed by atoms with E-state index in [0.717, 1.165) is 17.9 Å². The zero-order valence-corrected chi connectivity index (χ0v) is 13.2. The predicted molar refractivity (Wildman–Crippen MR) is 85.2 cm³/mol. The van der Waals surface area contributed by atoms with E-state index in [9.17, 15) is 4.79 Å². The molecule has 0 radical (unpaired) electrons. The second-order valence-electron chi connectivity index (χ2n) is 6.20. The first-order valence-electron chi connectivity index (χ1n) is 7.71. The first-order valence-corrected chi connectivity index (χ1v) is 7.71. The lowest BCUT2D eigenvalue weighted by Gasteiger charge is -2.21. The van der Waals surface area contributed by atoms with Crippen LogP contribution in [0.15, 0.2) is 18.3 Å². The van der Waals surface area contributed by atoms with Gasteiger partial charge in [0, 0.05) is 37.9 Å². The molecule has 1 heterocycles. The standard InChI is InChI=1S/C16H26N4O/c1-12(2)9-19-15(21)11-20(3)16-13(5-4-8-17-16)10-18-14-6-7-14/h4-5,8,12,14,18H,6-7,9-11H2,1-3H3,(H,19,21). The number of amides is 1. The number of likely N-dealkylation sites (N-methyl/N-ethyl adjacent to an activating group) is 1. The number of nitrogens with zero attached hydrogens (tertiary/aromatic N) is 2. The quantitative estimate of drug-likeness (QED) is 0.762. The van der Waals surface area contributed by atoms with Gasteiger partial charge in [-0.15, -0.1) is 0 Å². The highest BCUT2D eigenvalue weighted by molar-refractivity contribution is 5.81. The summed E-state index contributed by atoms with van der Waals surface area (Å²) in [6.07, 6.45) is 4.31. The second-order valence-corrected chi connectivity index (χ2v) is 6.20. The zero-order valence-electron chi connectivity index (χ0n) is 13.2. The average molecular weight is 290 g/mol. The molecule has 0 saturated heterocycles. The van der Waals surface area contributed by atoms with E-state index >= 15 is 0 Å². The Morgan fingerprint density at radius 1 is 1.48 bits per heavy atom. The van der Waals surface area contributed by atoms with Crippen LogP contribution in [0, 0.1) is 5.92 Å². The van der Waals surface area contributed by atoms with E-state index in [1.165, 1.54) is 12.8 Å². The summed E-state index contributed by atoms with van der Waals surface area (Å²) in [6, 6.07) is 4.68. The molecule has 1 fully saturated rings. The van der Waals surface area contributed by atoms with E-state index in [2.05, 4.69) is 35.5 Å². The summed E-state index contributed by atoms with van der Waals surface area (Å²) >= 11 is 0. The van der Waals surface area contributed by atoms with Gasteiger partial charge in [-0.05, 0) is 24.8 Å². The fourth-order valence-corrected chi connectivity index (χ4v) is 2.12. The molecule has 1 amide bonds. The molecule has 2 N–H and O–H groups in total. The minimum absolute atomic E-state index is 0.0398. The summed E-state index contributed by atoms with van der Waals surface area (Å²) in [5, 5.41) is 6.43. The van der Waals surface area contributed by atoms with Gasteiger partial charge in [0.05, 0.1) is 6.54 Å². The van der Waals surface area contributed by atoms with Crippen molar-refractivity contribution in [2.45, 2.75) is 39.3 Å². The van der Waals surface area contributed by atoms with Crippen molar-refractivity contribution in [2.75, 3.05) is 25.0 Å². The van der Waals surface area contributed by atoms with Crippen LogP contribution < -0.4 is 15.5 Å². The summed E-state index contributed by atoms with van der Waals surface area (Å²) in [7, 11) is 1.91. The molecule has 0 aliphatic heterocycles. The second kappa shape index (κ2) is 7.41. The van der Waals surface area contributed by atoms with Crippen molar-refractivity contribution in [3.8, 4) is 0 Å². The third-order valence-electron chi connectivity index (χ3n) is 3.48. The third-order valence-corrected chi connectivity index (χ3v) is 3.48. The van der Waals surface area contributed by atoms with Crippen LogP contribution >= 0.6 is 0 Å². The Kier molecular flexibility index (Phi) is 5.56. The van der Waals surface area contributed by atoms with E-state index in [1.54, 1.807) is 6.20 Å². The van der Waals surface area contributed by atoms with Crippen molar-refractivity contribution < 1.29 is 4.79 Å². The normalized spacial score (nSPS) is 14.3. The molecule has 21 heavy (non-hydrogen) atoms. The van der Waals surface area contributed by atoms with Crippen LogP contribution in [-0.2, 0) is 11.3 Å². The van der Waals surface area contributed by atoms with Crippen molar-refractivity contribution >= 4 is 11.7 Å². The van der Waals surface area contributed by atoms with Gasteiger partial charge >= 0.3 is 0 Å². The maximum atomic E-state index is 11.9. The number of hydrogen-bond donors (Lipinski definition) is 2. The molecule has 0 unspecified atom stereocenters. The van der Waals surface area contributed by atoms with E-state index in [-0.39, 0.29) is 5.91 Å². The Labute approximate surface area is 127 Å². The molecule has 2 rings (SSSR count). The number of aromatic nitrogens is 1. The van der Waals surface area contributed by atoms with Crippen molar-refractivity contribution in [3.05, 3.63) is 23.9 Å². The van der Waals surface area contributed by atoms with Gasteiger partial charge < -0.3 is 15.5 Å². The highest BCUT2D eigenvalue weighted by Crippen LogP contribution is 2.21. The Morgan fingerprint density at radius 2 is 2.24 bits per heavy atom. The van der Waals surface area contributed by atoms with Gasteiger partial charge in [-0.2, -0.15) is 0 Å². The topological polar surface area (TPSA) is 57.3 Å². The molecule has 1 aliphatic carbocycles. The molecule has 0 aromatic carbocycles. The van der Waals surface area contributed by atoms with Gasteiger partial charge in [-0.1, -0.05) is 19.9 Å². The van der Waals surface area contributed by atoms with Gasteiger partial charge in [0.1, 0.15) is 5.82 Å². The van der Waals surface area contributed by atoms with Gasteiger partial charge in [0.2, 0.25) is 5.91 Å². The van der Waals surface area contributed by atoms with Gasteiger partial charge in [-0.25, -0.2) is 4.98 Å². The van der Waals surface area contributed by atoms with Gasteiger partial charge in [0.15, 0.2) is 0 Å². The van der Waals surface area contributed by atoms with Crippen molar-refractivity contribution in [2.24, 2.45) is 5.92 Å². The molecule has 1 saturated carbocycles. The number of anilines is 1. The Morgan fingerprint density at radius 3 is 2.90 bits per heavy atom. The fraction of sp³-hybridized carbons (Fsp3) is 0.625. The highest BCUT2D eigenvalue weighted by Gasteiger charge is 2.21. The summed E-state index contributed by atoms with van der Waals surface area (Å²) in [6.45, 7) is 6.03. The maximum absolute atomic E-state index is 11.9. The first kappa shape index (κ1) is 15.8.